The van der Waals surface area contributed by atoms with Crippen molar-refractivity contribution < 1.29 is 0 Å². The lowest BCUT2D eigenvalue weighted by Crippen LogP contribution is -2.28. The zero-order valence-corrected chi connectivity index (χ0v) is 14.8. The van der Waals surface area contributed by atoms with Crippen molar-refractivity contribution in [2.24, 2.45) is 23.0 Å². The van der Waals surface area contributed by atoms with Gasteiger partial charge in [-0.3, -0.25) is 0 Å². The highest BCUT2D eigenvalue weighted by molar-refractivity contribution is 7.12. The van der Waals surface area contributed by atoms with Gasteiger partial charge in [0.15, 0.2) is 0 Å². The van der Waals surface area contributed by atoms with Crippen LogP contribution in [0.25, 0.3) is 0 Å². The molecule has 1 unspecified atom stereocenters. The van der Waals surface area contributed by atoms with E-state index >= 15 is 0 Å². The van der Waals surface area contributed by atoms with Gasteiger partial charge in [-0.05, 0) is 55.8 Å². The lowest BCUT2D eigenvalue weighted by molar-refractivity contribution is 0.258. The fourth-order valence-corrected chi connectivity index (χ4v) is 5.47. The van der Waals surface area contributed by atoms with E-state index in [1.165, 1.54) is 41.3 Å². The van der Waals surface area contributed by atoms with Crippen molar-refractivity contribution in [1.29, 1.82) is 0 Å². The molecule has 3 rings (SSSR count). The van der Waals surface area contributed by atoms with E-state index in [1.54, 1.807) is 0 Å². The summed E-state index contributed by atoms with van der Waals surface area (Å²) in [5.41, 5.74) is 8.02. The maximum Gasteiger partial charge on any atom is 0.0962 e. The molecule has 1 fully saturated rings. The van der Waals surface area contributed by atoms with E-state index in [-0.39, 0.29) is 6.04 Å². The summed E-state index contributed by atoms with van der Waals surface area (Å²) in [5, 5.41) is 1.38. The van der Waals surface area contributed by atoms with Crippen LogP contribution in [0.15, 0.2) is 0 Å². The highest BCUT2D eigenvalue weighted by atomic mass is 32.1. The first-order valence-corrected chi connectivity index (χ1v) is 9.42. The maximum absolute atomic E-state index is 6.40. The average molecular weight is 307 g/mol. The van der Waals surface area contributed by atoms with Gasteiger partial charge in [0.2, 0.25) is 0 Å². The number of nitrogens with zero attached hydrogens (tertiary/aromatic N) is 1. The molecule has 2 aliphatic rings. The molecule has 1 saturated carbocycles. The van der Waals surface area contributed by atoms with Crippen LogP contribution in [0.3, 0.4) is 0 Å². The van der Waals surface area contributed by atoms with Gasteiger partial charge < -0.3 is 5.73 Å². The van der Waals surface area contributed by atoms with Crippen LogP contribution < -0.4 is 5.73 Å². The van der Waals surface area contributed by atoms with Crippen molar-refractivity contribution in [3.8, 4) is 0 Å². The average Bonchev–Trinajstić information content (AvgIpc) is 2.81. The molecule has 1 aromatic rings. The first-order valence-electron chi connectivity index (χ1n) is 8.61. The fraction of sp³-hybridized carbons (Fsp3) is 0.833. The second kappa shape index (κ2) is 5.66. The van der Waals surface area contributed by atoms with Gasteiger partial charge in [0.1, 0.15) is 0 Å². The number of hydrogen-bond acceptors (Lipinski definition) is 3. The first-order chi connectivity index (χ1) is 9.85. The lowest BCUT2D eigenvalue weighted by Gasteiger charge is -2.32. The molecule has 1 heterocycles. The van der Waals surface area contributed by atoms with Gasteiger partial charge in [-0.2, -0.15) is 0 Å². The molecule has 0 radical (unpaired) electrons. The SMILES string of the molecule is CC(C)C1CCC(c2nc3c(s2)C(N)CC(C)(C)C3)CC1. The Morgan fingerprint density at radius 1 is 1.19 bits per heavy atom. The first kappa shape index (κ1) is 15.5. The summed E-state index contributed by atoms with van der Waals surface area (Å²) < 4.78 is 0. The smallest absolute Gasteiger partial charge is 0.0962 e. The van der Waals surface area contributed by atoms with Crippen LogP contribution in [0.4, 0.5) is 0 Å². The molecule has 2 N–H and O–H groups in total. The third kappa shape index (κ3) is 3.19. The van der Waals surface area contributed by atoms with Crippen LogP contribution in [0.1, 0.15) is 87.3 Å². The molecule has 3 heteroatoms. The van der Waals surface area contributed by atoms with E-state index in [0.717, 1.165) is 24.7 Å². The Hall–Kier alpha value is -0.410. The van der Waals surface area contributed by atoms with Crippen molar-refractivity contribution >= 4 is 11.3 Å². The normalized spacial score (nSPS) is 32.2. The van der Waals surface area contributed by atoms with Gasteiger partial charge in [0, 0.05) is 16.8 Å². The van der Waals surface area contributed by atoms with Gasteiger partial charge in [-0.1, -0.05) is 27.7 Å². The minimum atomic E-state index is 0.210. The number of aromatic nitrogens is 1. The molecule has 1 aromatic heterocycles. The zero-order chi connectivity index (χ0) is 15.2. The Morgan fingerprint density at radius 3 is 2.48 bits per heavy atom. The third-order valence-corrected chi connectivity index (χ3v) is 6.96. The number of hydrogen-bond donors (Lipinski definition) is 1. The molecular formula is C18H30N2S. The van der Waals surface area contributed by atoms with E-state index in [4.69, 9.17) is 10.7 Å². The molecule has 1 atom stereocenters. The minimum Gasteiger partial charge on any atom is -0.323 e. The Balaban J connectivity index is 1.74. The predicted octanol–water partition coefficient (Wildman–Crippen LogP) is 5.05. The van der Waals surface area contributed by atoms with Crippen LogP contribution >= 0.6 is 11.3 Å². The van der Waals surface area contributed by atoms with Gasteiger partial charge in [0.25, 0.3) is 0 Å². The summed E-state index contributed by atoms with van der Waals surface area (Å²) in [6.45, 7) is 9.38. The molecule has 118 valence electrons. The Labute approximate surface area is 133 Å². The number of thiazole rings is 1. The number of rotatable bonds is 2. The summed E-state index contributed by atoms with van der Waals surface area (Å²) in [6.07, 6.45) is 7.62. The Morgan fingerprint density at radius 2 is 1.86 bits per heavy atom. The van der Waals surface area contributed by atoms with Crippen LogP contribution in [0.5, 0.6) is 0 Å². The standard InChI is InChI=1S/C18H30N2S/c1-11(2)12-5-7-13(8-6-12)17-20-15-10-18(3,4)9-14(19)16(15)21-17/h11-14H,5-10,19H2,1-4H3. The second-order valence-electron chi connectivity index (χ2n) is 8.37. The Bertz CT molecular complexity index is 495. The van der Waals surface area contributed by atoms with Gasteiger partial charge in [-0.25, -0.2) is 4.98 Å². The molecule has 21 heavy (non-hydrogen) atoms. The second-order valence-corrected chi connectivity index (χ2v) is 9.43. The highest BCUT2D eigenvalue weighted by Gasteiger charge is 2.35. The molecule has 0 amide bonds. The van der Waals surface area contributed by atoms with Gasteiger partial charge in [-0.15, -0.1) is 11.3 Å². The molecule has 0 aliphatic heterocycles. The topological polar surface area (TPSA) is 38.9 Å². The largest absolute Gasteiger partial charge is 0.323 e. The molecule has 2 nitrogen and oxygen atoms in total. The van der Waals surface area contributed by atoms with Crippen LogP contribution in [0, 0.1) is 17.3 Å². The summed E-state index contributed by atoms with van der Waals surface area (Å²) in [4.78, 5) is 6.41. The van der Waals surface area contributed by atoms with E-state index < -0.39 is 0 Å². The molecule has 2 aliphatic carbocycles. The molecule has 0 spiro atoms. The molecule has 0 bridgehead atoms. The lowest BCUT2D eigenvalue weighted by atomic mass is 9.76. The predicted molar refractivity (Wildman–Crippen MR) is 90.7 cm³/mol. The highest BCUT2D eigenvalue weighted by Crippen LogP contribution is 2.46. The van der Waals surface area contributed by atoms with Crippen molar-refractivity contribution in [3.63, 3.8) is 0 Å². The Kier molecular flexibility index (Phi) is 4.17. The minimum absolute atomic E-state index is 0.210. The molecular weight excluding hydrogens is 276 g/mol. The maximum atomic E-state index is 6.40. The summed E-state index contributed by atoms with van der Waals surface area (Å²) >= 11 is 1.92. The van der Waals surface area contributed by atoms with E-state index in [1.807, 2.05) is 11.3 Å². The zero-order valence-electron chi connectivity index (χ0n) is 14.0. The molecule has 0 saturated heterocycles. The molecule has 0 aromatic carbocycles. The number of fused-ring (bicyclic) bond motifs is 1. The van der Waals surface area contributed by atoms with Gasteiger partial charge in [0.05, 0.1) is 10.7 Å². The van der Waals surface area contributed by atoms with E-state index in [0.29, 0.717) is 11.3 Å². The van der Waals surface area contributed by atoms with Crippen LogP contribution in [-0.2, 0) is 6.42 Å². The van der Waals surface area contributed by atoms with E-state index in [9.17, 15) is 0 Å². The van der Waals surface area contributed by atoms with E-state index in [2.05, 4.69) is 27.7 Å². The number of nitrogens with two attached hydrogens (primary N) is 1. The quantitative estimate of drug-likeness (QED) is 0.831. The monoisotopic (exact) mass is 306 g/mol. The van der Waals surface area contributed by atoms with Crippen LogP contribution in [-0.4, -0.2) is 4.98 Å². The van der Waals surface area contributed by atoms with Gasteiger partial charge >= 0.3 is 0 Å². The summed E-state index contributed by atoms with van der Waals surface area (Å²) in [6, 6.07) is 0.210. The third-order valence-electron chi connectivity index (χ3n) is 5.56. The summed E-state index contributed by atoms with van der Waals surface area (Å²) in [7, 11) is 0. The fourth-order valence-electron chi connectivity index (χ4n) is 4.22. The van der Waals surface area contributed by atoms with Crippen molar-refractivity contribution in [1.82, 2.24) is 4.98 Å². The summed E-state index contributed by atoms with van der Waals surface area (Å²) in [5.74, 6) is 2.47. The van der Waals surface area contributed by atoms with Crippen molar-refractivity contribution in [2.75, 3.05) is 0 Å². The van der Waals surface area contributed by atoms with Crippen molar-refractivity contribution in [2.45, 2.75) is 78.2 Å². The van der Waals surface area contributed by atoms with Crippen LogP contribution in [0.2, 0.25) is 0 Å². The van der Waals surface area contributed by atoms with Crippen molar-refractivity contribution in [3.05, 3.63) is 15.6 Å².